The van der Waals surface area contributed by atoms with Gasteiger partial charge >= 0.3 is 6.00 Å². The van der Waals surface area contributed by atoms with Gasteiger partial charge in [0.15, 0.2) is 0 Å². The molecule has 0 radical (unpaired) electrons. The van der Waals surface area contributed by atoms with Gasteiger partial charge in [-0.3, -0.25) is 0 Å². The lowest BCUT2D eigenvalue weighted by atomic mass is 10.5. The van der Waals surface area contributed by atoms with Crippen LogP contribution in [-0.4, -0.2) is 32.4 Å². The maximum absolute atomic E-state index is 6.91. The monoisotopic (exact) mass is 503 g/mol. The van der Waals surface area contributed by atoms with Gasteiger partial charge < -0.3 is 4.23 Å². The summed E-state index contributed by atoms with van der Waals surface area (Å²) in [5.74, 6) is 0. The fourth-order valence-electron chi connectivity index (χ4n) is 7.10. The van der Waals surface area contributed by atoms with Gasteiger partial charge in [0.1, 0.15) is 16.5 Å². The van der Waals surface area contributed by atoms with E-state index < -0.39 is 22.5 Å². The first-order valence-electron chi connectivity index (χ1n) is 11.3. The number of hydrogen-bond acceptors (Lipinski definition) is 1. The molecule has 1 nitrogen and oxygen atoms in total. The van der Waals surface area contributed by atoms with Gasteiger partial charge in [0, 0.05) is 5.67 Å². The molecule has 0 bridgehead atoms. The topological polar surface area (TPSA) is 3.24 Å². The summed E-state index contributed by atoms with van der Waals surface area (Å²) in [6, 6.07) is -2.93. The molecule has 0 amide bonds. The number of halogens is 3. The summed E-state index contributed by atoms with van der Waals surface area (Å²) in [7, 11) is -4.00. The molecule has 0 saturated heterocycles. The van der Waals surface area contributed by atoms with Crippen molar-refractivity contribution in [2.75, 3.05) is 0 Å². The highest BCUT2D eigenvalue weighted by Crippen LogP contribution is 2.56. The molecule has 1 unspecified atom stereocenters. The van der Waals surface area contributed by atoms with Crippen LogP contribution in [0, 0.1) is 0 Å². The Labute approximate surface area is 194 Å². The van der Waals surface area contributed by atoms with Crippen molar-refractivity contribution >= 4 is 55.7 Å². The molecule has 0 aliphatic heterocycles. The largest absolute Gasteiger partial charge is 0.356 e. The molecule has 0 fully saturated rings. The second-order valence-corrected chi connectivity index (χ2v) is 31.3. The molecule has 0 aromatic rings. The Kier molecular flexibility index (Phi) is 11.4. The lowest BCUT2D eigenvalue weighted by molar-refractivity contribution is 0.455. The quantitative estimate of drug-likeness (QED) is 0.200. The van der Waals surface area contributed by atoms with Crippen molar-refractivity contribution in [2.45, 2.75) is 135 Å². The summed E-state index contributed by atoms with van der Waals surface area (Å²) >= 11 is 20.7. The van der Waals surface area contributed by atoms with E-state index in [1.807, 2.05) is 0 Å². The average molecular weight is 505 g/mol. The summed E-state index contributed by atoms with van der Waals surface area (Å²) in [5, 5.41) is 0. The summed E-state index contributed by atoms with van der Waals surface area (Å²) in [4.78, 5) is 0. The van der Waals surface area contributed by atoms with Crippen LogP contribution in [0.4, 0.5) is 0 Å². The van der Waals surface area contributed by atoms with Crippen molar-refractivity contribution < 1.29 is 0 Å². The van der Waals surface area contributed by atoms with Crippen LogP contribution in [0.5, 0.6) is 0 Å². The van der Waals surface area contributed by atoms with Crippen LogP contribution in [0.2, 0.25) is 33.2 Å². The summed E-state index contributed by atoms with van der Waals surface area (Å²) in [5.41, 5.74) is 3.81. The Bertz CT molecular complexity index is 398. The van der Waals surface area contributed by atoms with Crippen molar-refractivity contribution in [3.63, 3.8) is 0 Å². The van der Waals surface area contributed by atoms with Gasteiger partial charge in [0.2, 0.25) is 0 Å². The van der Waals surface area contributed by atoms with Crippen LogP contribution in [0.3, 0.4) is 0 Å². The molecule has 0 aliphatic rings. The van der Waals surface area contributed by atoms with Gasteiger partial charge in [0.05, 0.1) is 0 Å². The first-order valence-corrected chi connectivity index (χ1v) is 20.8. The van der Waals surface area contributed by atoms with Crippen LogP contribution in [-0.2, 0) is 0 Å². The highest BCUT2D eigenvalue weighted by Gasteiger charge is 2.63. The predicted octanol–water partition coefficient (Wildman–Crippen LogP) is 9.61. The summed E-state index contributed by atoms with van der Waals surface area (Å²) in [6.07, 6.45) is 0.935. The average Bonchev–Trinajstić information content (AvgIpc) is 2.44. The van der Waals surface area contributed by atoms with E-state index in [1.165, 1.54) is 0 Å². The maximum atomic E-state index is 6.91. The fourth-order valence-corrected chi connectivity index (χ4v) is 34.2. The second-order valence-electron chi connectivity index (χ2n) is 10.5. The van der Waals surface area contributed by atoms with Crippen LogP contribution in [0.15, 0.2) is 0 Å². The van der Waals surface area contributed by atoms with Crippen LogP contribution < -0.4 is 0 Å². The van der Waals surface area contributed by atoms with E-state index >= 15 is 0 Å². The summed E-state index contributed by atoms with van der Waals surface area (Å²) in [6.45, 7) is 31.6. The molecule has 0 aromatic carbocycles. The van der Waals surface area contributed by atoms with Crippen molar-refractivity contribution in [1.29, 1.82) is 0 Å². The fraction of sp³-hybridized carbons (Fsp3) is 1.00. The van der Waals surface area contributed by atoms with E-state index in [0.717, 1.165) is 6.42 Å². The minimum absolute atomic E-state index is 0.107. The minimum Gasteiger partial charge on any atom is -0.341 e. The van der Waals surface area contributed by atoms with Gasteiger partial charge in [0.25, 0.3) is 0 Å². The molecule has 0 rings (SSSR count). The van der Waals surface area contributed by atoms with Crippen LogP contribution in [0.25, 0.3) is 0 Å². The van der Waals surface area contributed by atoms with E-state index in [2.05, 4.69) is 94.2 Å². The van der Waals surface area contributed by atoms with Crippen molar-refractivity contribution in [1.82, 2.24) is 4.23 Å². The van der Waals surface area contributed by atoms with E-state index in [9.17, 15) is 0 Å². The normalized spacial score (nSPS) is 16.0. The Morgan fingerprint density at radius 3 is 0.857 bits per heavy atom. The molecule has 0 N–H and O–H groups in total. The third-order valence-corrected chi connectivity index (χ3v) is 27.4. The standard InChI is InChI=1S/C21H48Cl3NSi3/c1-14-21(28(22,23)24)25(26(15(2)3,16(4)5)17(6)7)27(18(8)9,19(10)11)20(12)13/h15-21H,14H2,1-13H3. The van der Waals surface area contributed by atoms with Gasteiger partial charge in [-0.15, -0.1) is 33.2 Å². The summed E-state index contributed by atoms with van der Waals surface area (Å²) < 4.78 is 3.07. The molecular weight excluding hydrogens is 457 g/mol. The van der Waals surface area contributed by atoms with Gasteiger partial charge in [-0.2, -0.15) is 0 Å². The van der Waals surface area contributed by atoms with Crippen molar-refractivity contribution in [2.24, 2.45) is 0 Å². The Hall–Kier alpha value is 1.48. The SMILES string of the molecule is CCC(N([Si](C(C)C)(C(C)C)C(C)C)[Si](C(C)C)(C(C)C)C(C)C)[Si](Cl)(Cl)Cl. The molecule has 0 saturated carbocycles. The van der Waals surface area contributed by atoms with Crippen LogP contribution in [0.1, 0.15) is 96.4 Å². The van der Waals surface area contributed by atoms with Gasteiger partial charge in [-0.1, -0.05) is 90.0 Å². The lowest BCUT2D eigenvalue weighted by Gasteiger charge is -2.65. The zero-order chi connectivity index (χ0) is 22.8. The molecule has 0 spiro atoms. The van der Waals surface area contributed by atoms with E-state index in [0.29, 0.717) is 33.2 Å². The minimum atomic E-state index is -2.93. The number of rotatable bonds is 11. The molecular formula is C21H48Cl3NSi3. The first kappa shape index (κ1) is 29.5. The highest BCUT2D eigenvalue weighted by atomic mass is 35.8. The smallest absolute Gasteiger partial charge is 0.341 e. The van der Waals surface area contributed by atoms with Crippen molar-refractivity contribution in [3.8, 4) is 0 Å². The first-order chi connectivity index (χ1) is 12.5. The molecule has 0 aromatic heterocycles. The molecule has 170 valence electrons. The Balaban J connectivity index is 7.53. The maximum Gasteiger partial charge on any atom is 0.356 e. The molecule has 7 heteroatoms. The number of nitrogens with zero attached hydrogens (tertiary/aromatic N) is 1. The van der Waals surface area contributed by atoms with E-state index in [-0.39, 0.29) is 5.67 Å². The van der Waals surface area contributed by atoms with Crippen molar-refractivity contribution in [3.05, 3.63) is 0 Å². The van der Waals surface area contributed by atoms with E-state index in [1.54, 1.807) is 0 Å². The third-order valence-electron chi connectivity index (χ3n) is 7.46. The lowest BCUT2D eigenvalue weighted by Crippen LogP contribution is -2.78. The highest BCUT2D eigenvalue weighted by molar-refractivity contribution is 7.65. The molecule has 1 atom stereocenters. The zero-order valence-corrected chi connectivity index (χ0v) is 26.1. The number of hydrogen-bond donors (Lipinski definition) is 0. The van der Waals surface area contributed by atoms with Gasteiger partial charge in [-0.05, 0) is 39.7 Å². The molecule has 0 heterocycles. The predicted molar refractivity (Wildman–Crippen MR) is 141 cm³/mol. The molecule has 28 heavy (non-hydrogen) atoms. The zero-order valence-electron chi connectivity index (χ0n) is 20.8. The molecule has 0 aliphatic carbocycles. The van der Waals surface area contributed by atoms with Crippen LogP contribution >= 0.6 is 33.2 Å². The van der Waals surface area contributed by atoms with Gasteiger partial charge in [-0.25, -0.2) is 0 Å². The Morgan fingerprint density at radius 1 is 0.536 bits per heavy atom. The third kappa shape index (κ3) is 5.10. The van der Waals surface area contributed by atoms with E-state index in [4.69, 9.17) is 33.2 Å². The second kappa shape index (κ2) is 10.9. The Morgan fingerprint density at radius 2 is 0.750 bits per heavy atom.